The maximum absolute atomic E-state index is 6.31. The Morgan fingerprint density at radius 3 is 1.43 bits per heavy atom. The average Bonchev–Trinajstić information content (AvgIpc) is 2.35. The number of nitrogens with two attached hydrogens (primary N) is 1. The van der Waals surface area contributed by atoms with Gasteiger partial charge in [0.2, 0.25) is 0 Å². The molecule has 3 atom stereocenters. The third kappa shape index (κ3) is 4.53. The lowest BCUT2D eigenvalue weighted by atomic mass is 9.46. The summed E-state index contributed by atoms with van der Waals surface area (Å²) in [7, 11) is 0. The van der Waals surface area contributed by atoms with Crippen LogP contribution in [-0.2, 0) is 0 Å². The second-order valence-corrected chi connectivity index (χ2v) is 11.0. The van der Waals surface area contributed by atoms with Crippen molar-refractivity contribution in [1.29, 1.82) is 0 Å². The zero-order chi connectivity index (χ0) is 18.9. The van der Waals surface area contributed by atoms with Crippen molar-refractivity contribution in [2.24, 2.45) is 32.8 Å². The lowest BCUT2D eigenvalue weighted by Gasteiger charge is -2.59. The summed E-state index contributed by atoms with van der Waals surface area (Å²) in [5.41, 5.74) is 7.67. The van der Waals surface area contributed by atoms with Crippen LogP contribution in [0, 0.1) is 27.1 Å². The molecule has 0 radical (unpaired) electrons. The predicted octanol–water partition coefficient (Wildman–Crippen LogP) is 7.04. The molecule has 0 bridgehead atoms. The summed E-state index contributed by atoms with van der Waals surface area (Å²) in [6.07, 6.45) is 4.75. The fourth-order valence-electron chi connectivity index (χ4n) is 4.59. The van der Waals surface area contributed by atoms with Crippen LogP contribution in [0.5, 0.6) is 0 Å². The molecule has 0 fully saturated rings. The van der Waals surface area contributed by atoms with Gasteiger partial charge in [0, 0.05) is 6.04 Å². The number of hydrogen-bond donors (Lipinski definition) is 1. The van der Waals surface area contributed by atoms with E-state index in [-0.39, 0.29) is 22.3 Å². The molecule has 0 aliphatic heterocycles. The van der Waals surface area contributed by atoms with E-state index in [9.17, 15) is 0 Å². The Labute approximate surface area is 148 Å². The molecule has 0 aromatic heterocycles. The van der Waals surface area contributed by atoms with E-state index in [0.717, 1.165) is 6.42 Å². The first-order chi connectivity index (χ1) is 9.99. The molecule has 1 nitrogen and oxygen atoms in total. The van der Waals surface area contributed by atoms with Crippen LogP contribution < -0.4 is 5.73 Å². The first-order valence-corrected chi connectivity index (χ1v) is 9.75. The second kappa shape index (κ2) is 7.06. The van der Waals surface area contributed by atoms with Gasteiger partial charge in [-0.2, -0.15) is 0 Å². The Kier molecular flexibility index (Phi) is 7.05. The van der Waals surface area contributed by atoms with Crippen molar-refractivity contribution in [3.63, 3.8) is 0 Å². The highest BCUT2D eigenvalue weighted by molar-refractivity contribution is 5.03. The van der Waals surface area contributed by atoms with Crippen molar-refractivity contribution in [3.05, 3.63) is 0 Å². The van der Waals surface area contributed by atoms with Crippen LogP contribution in [-0.4, -0.2) is 6.04 Å². The van der Waals surface area contributed by atoms with Gasteiger partial charge in [0.15, 0.2) is 0 Å². The standard InChI is InChI=1S/C22H47N/c1-13-19(7,8)22(12,15-17(3)23)20(9,10)16-21(11,14-2)18(4,5)6/h17H,13-16,23H2,1-12H3. The molecule has 0 aliphatic rings. The lowest BCUT2D eigenvalue weighted by molar-refractivity contribution is -0.0920. The lowest BCUT2D eigenvalue weighted by Crippen LogP contribution is -2.52. The van der Waals surface area contributed by atoms with Gasteiger partial charge in [0.25, 0.3) is 0 Å². The van der Waals surface area contributed by atoms with Crippen molar-refractivity contribution in [3.8, 4) is 0 Å². The summed E-state index contributed by atoms with van der Waals surface area (Å²) in [6, 6.07) is 0.243. The zero-order valence-electron chi connectivity index (χ0n) is 18.5. The summed E-state index contributed by atoms with van der Waals surface area (Å²) < 4.78 is 0. The van der Waals surface area contributed by atoms with Gasteiger partial charge in [-0.1, -0.05) is 89.0 Å². The van der Waals surface area contributed by atoms with Gasteiger partial charge in [0.1, 0.15) is 0 Å². The first-order valence-electron chi connectivity index (χ1n) is 9.75. The topological polar surface area (TPSA) is 26.0 Å². The van der Waals surface area contributed by atoms with Crippen molar-refractivity contribution in [2.75, 3.05) is 0 Å². The Morgan fingerprint density at radius 1 is 0.739 bits per heavy atom. The maximum atomic E-state index is 6.31. The molecular formula is C22H47N. The van der Waals surface area contributed by atoms with E-state index >= 15 is 0 Å². The summed E-state index contributed by atoms with van der Waals surface area (Å²) in [4.78, 5) is 0. The summed E-state index contributed by atoms with van der Waals surface area (Å²) in [5.74, 6) is 0. The zero-order valence-corrected chi connectivity index (χ0v) is 18.5. The maximum Gasteiger partial charge on any atom is 0.00160 e. The molecule has 0 aromatic carbocycles. The molecular weight excluding hydrogens is 278 g/mol. The molecule has 0 saturated carbocycles. The molecule has 0 rings (SSSR count). The molecule has 0 aliphatic carbocycles. The van der Waals surface area contributed by atoms with E-state index in [1.54, 1.807) is 0 Å². The van der Waals surface area contributed by atoms with Gasteiger partial charge >= 0.3 is 0 Å². The van der Waals surface area contributed by atoms with E-state index < -0.39 is 0 Å². The predicted molar refractivity (Wildman–Crippen MR) is 107 cm³/mol. The van der Waals surface area contributed by atoms with Crippen molar-refractivity contribution < 1.29 is 0 Å². The van der Waals surface area contributed by atoms with Crippen LogP contribution in [0.25, 0.3) is 0 Å². The Morgan fingerprint density at radius 2 is 1.17 bits per heavy atom. The normalized spacial score (nSPS) is 20.7. The minimum Gasteiger partial charge on any atom is -0.328 e. The molecule has 3 unspecified atom stereocenters. The minimum atomic E-state index is 0.213. The SMILES string of the molecule is CCC(C)(C)C(C)(CC(C)N)C(C)(C)CC(C)(CC)C(C)(C)C. The highest BCUT2D eigenvalue weighted by Crippen LogP contribution is 2.61. The molecule has 2 N–H and O–H groups in total. The fraction of sp³-hybridized carbons (Fsp3) is 1.00. The van der Waals surface area contributed by atoms with Crippen LogP contribution >= 0.6 is 0 Å². The number of hydrogen-bond acceptors (Lipinski definition) is 1. The molecule has 140 valence electrons. The van der Waals surface area contributed by atoms with Crippen LogP contribution in [0.15, 0.2) is 0 Å². The van der Waals surface area contributed by atoms with Crippen LogP contribution in [0.2, 0.25) is 0 Å². The van der Waals surface area contributed by atoms with Gasteiger partial charge in [-0.3, -0.25) is 0 Å². The average molecular weight is 326 g/mol. The Hall–Kier alpha value is -0.0400. The van der Waals surface area contributed by atoms with Gasteiger partial charge in [-0.25, -0.2) is 0 Å². The van der Waals surface area contributed by atoms with Gasteiger partial charge < -0.3 is 5.73 Å². The summed E-state index contributed by atoms with van der Waals surface area (Å²) in [6.45, 7) is 28.9. The molecule has 1 heteroatoms. The van der Waals surface area contributed by atoms with Gasteiger partial charge in [-0.15, -0.1) is 0 Å². The first kappa shape index (κ1) is 23.0. The van der Waals surface area contributed by atoms with E-state index in [1.165, 1.54) is 19.3 Å². The molecule has 0 aromatic rings. The minimum absolute atomic E-state index is 0.213. The third-order valence-electron chi connectivity index (χ3n) is 8.02. The monoisotopic (exact) mass is 325 g/mol. The van der Waals surface area contributed by atoms with E-state index in [0.29, 0.717) is 10.8 Å². The Bertz CT molecular complexity index is 372. The fourth-order valence-corrected chi connectivity index (χ4v) is 4.59. The molecule has 0 amide bonds. The van der Waals surface area contributed by atoms with Crippen LogP contribution in [0.1, 0.15) is 109 Å². The highest BCUT2D eigenvalue weighted by Gasteiger charge is 2.53. The van der Waals surface area contributed by atoms with Crippen LogP contribution in [0.4, 0.5) is 0 Å². The number of rotatable bonds is 8. The molecule has 0 heterocycles. The van der Waals surface area contributed by atoms with E-state index in [1.807, 2.05) is 0 Å². The Balaban J connectivity index is 5.96. The van der Waals surface area contributed by atoms with Crippen molar-refractivity contribution >= 4 is 0 Å². The van der Waals surface area contributed by atoms with Crippen molar-refractivity contribution in [1.82, 2.24) is 0 Å². The smallest absolute Gasteiger partial charge is 0.00160 e. The van der Waals surface area contributed by atoms with E-state index in [2.05, 4.69) is 83.1 Å². The van der Waals surface area contributed by atoms with Crippen molar-refractivity contribution in [2.45, 2.75) is 115 Å². The van der Waals surface area contributed by atoms with Gasteiger partial charge in [0.05, 0.1) is 0 Å². The molecule has 0 spiro atoms. The summed E-state index contributed by atoms with van der Waals surface area (Å²) >= 11 is 0. The summed E-state index contributed by atoms with van der Waals surface area (Å²) in [5, 5.41) is 0. The molecule has 0 saturated heterocycles. The highest BCUT2D eigenvalue weighted by atomic mass is 14.7. The van der Waals surface area contributed by atoms with E-state index in [4.69, 9.17) is 5.73 Å². The van der Waals surface area contributed by atoms with Gasteiger partial charge in [-0.05, 0) is 46.8 Å². The van der Waals surface area contributed by atoms with Crippen LogP contribution in [0.3, 0.4) is 0 Å². The molecule has 23 heavy (non-hydrogen) atoms. The quantitative estimate of drug-likeness (QED) is 0.508. The second-order valence-electron chi connectivity index (χ2n) is 11.0. The third-order valence-corrected chi connectivity index (χ3v) is 8.02. The largest absolute Gasteiger partial charge is 0.328 e.